The Kier molecular flexibility index (Phi) is 8.25. The third-order valence-corrected chi connectivity index (χ3v) is 3.13. The van der Waals surface area contributed by atoms with Crippen LogP contribution in [0.1, 0.15) is 0 Å². The SMILES string of the molecule is CN=C(NCCOc1cccc(Cl)c1)NCCSC. The Bertz CT molecular complexity index is 401. The average molecular weight is 302 g/mol. The second-order valence-corrected chi connectivity index (χ2v) is 5.15. The predicted octanol–water partition coefficient (Wildman–Crippen LogP) is 2.25. The van der Waals surface area contributed by atoms with Gasteiger partial charge >= 0.3 is 0 Å². The van der Waals surface area contributed by atoms with E-state index in [9.17, 15) is 0 Å². The van der Waals surface area contributed by atoms with Gasteiger partial charge in [-0.3, -0.25) is 4.99 Å². The molecule has 106 valence electrons. The van der Waals surface area contributed by atoms with Crippen LogP contribution in [-0.4, -0.2) is 44.7 Å². The summed E-state index contributed by atoms with van der Waals surface area (Å²) < 4.78 is 5.57. The summed E-state index contributed by atoms with van der Waals surface area (Å²) in [6.07, 6.45) is 2.08. The number of halogens is 1. The van der Waals surface area contributed by atoms with Gasteiger partial charge in [-0.15, -0.1) is 0 Å². The van der Waals surface area contributed by atoms with Crippen molar-refractivity contribution < 1.29 is 4.74 Å². The first-order valence-electron chi connectivity index (χ1n) is 6.08. The van der Waals surface area contributed by atoms with Crippen molar-refractivity contribution in [3.63, 3.8) is 0 Å². The highest BCUT2D eigenvalue weighted by Crippen LogP contribution is 2.16. The number of rotatable bonds is 7. The molecule has 0 amide bonds. The normalized spacial score (nSPS) is 11.2. The van der Waals surface area contributed by atoms with E-state index in [-0.39, 0.29) is 0 Å². The molecule has 0 bridgehead atoms. The zero-order chi connectivity index (χ0) is 13.9. The number of thioether (sulfide) groups is 1. The Hall–Kier alpha value is -1.07. The van der Waals surface area contributed by atoms with Crippen molar-refractivity contribution in [2.75, 3.05) is 38.8 Å². The zero-order valence-electron chi connectivity index (χ0n) is 11.3. The Morgan fingerprint density at radius 3 is 2.84 bits per heavy atom. The number of hydrogen-bond donors (Lipinski definition) is 2. The fraction of sp³-hybridized carbons (Fsp3) is 0.462. The molecule has 0 radical (unpaired) electrons. The van der Waals surface area contributed by atoms with E-state index in [4.69, 9.17) is 16.3 Å². The van der Waals surface area contributed by atoms with Gasteiger partial charge in [-0.05, 0) is 24.5 Å². The van der Waals surface area contributed by atoms with Gasteiger partial charge in [0.1, 0.15) is 12.4 Å². The van der Waals surface area contributed by atoms with Crippen LogP contribution < -0.4 is 15.4 Å². The molecule has 6 heteroatoms. The molecule has 0 fully saturated rings. The molecule has 4 nitrogen and oxygen atoms in total. The van der Waals surface area contributed by atoms with E-state index < -0.39 is 0 Å². The van der Waals surface area contributed by atoms with Crippen LogP contribution in [0.5, 0.6) is 5.75 Å². The predicted molar refractivity (Wildman–Crippen MR) is 84.7 cm³/mol. The van der Waals surface area contributed by atoms with E-state index >= 15 is 0 Å². The van der Waals surface area contributed by atoms with Gasteiger partial charge in [-0.2, -0.15) is 11.8 Å². The molecule has 1 aromatic rings. The summed E-state index contributed by atoms with van der Waals surface area (Å²) in [4.78, 5) is 4.13. The first-order chi connectivity index (χ1) is 9.26. The second-order valence-electron chi connectivity index (χ2n) is 3.72. The van der Waals surface area contributed by atoms with Crippen LogP contribution in [0.2, 0.25) is 5.02 Å². The highest BCUT2D eigenvalue weighted by Gasteiger charge is 1.97. The van der Waals surface area contributed by atoms with Crippen molar-refractivity contribution in [2.45, 2.75) is 0 Å². The van der Waals surface area contributed by atoms with Crippen LogP contribution >= 0.6 is 23.4 Å². The minimum Gasteiger partial charge on any atom is -0.492 e. The first kappa shape index (κ1) is 16.0. The Labute approximate surface area is 124 Å². The van der Waals surface area contributed by atoms with E-state index in [1.807, 2.05) is 18.2 Å². The molecule has 0 aromatic heterocycles. The summed E-state index contributed by atoms with van der Waals surface area (Å²) >= 11 is 7.67. The van der Waals surface area contributed by atoms with E-state index in [1.165, 1.54) is 0 Å². The number of guanidine groups is 1. The summed E-state index contributed by atoms with van der Waals surface area (Å²) in [7, 11) is 1.76. The van der Waals surface area contributed by atoms with Crippen LogP contribution in [0.25, 0.3) is 0 Å². The molecule has 1 rings (SSSR count). The van der Waals surface area contributed by atoms with Gasteiger partial charge in [0, 0.05) is 24.4 Å². The summed E-state index contributed by atoms with van der Waals surface area (Å²) in [5.74, 6) is 2.63. The zero-order valence-corrected chi connectivity index (χ0v) is 12.9. The monoisotopic (exact) mass is 301 g/mol. The lowest BCUT2D eigenvalue weighted by molar-refractivity contribution is 0.322. The molecule has 19 heavy (non-hydrogen) atoms. The maximum Gasteiger partial charge on any atom is 0.191 e. The van der Waals surface area contributed by atoms with Crippen LogP contribution in [0, 0.1) is 0 Å². The van der Waals surface area contributed by atoms with Crippen molar-refractivity contribution in [2.24, 2.45) is 4.99 Å². The Balaban J connectivity index is 2.18. The molecule has 0 aliphatic heterocycles. The number of benzene rings is 1. The Morgan fingerprint density at radius 2 is 2.16 bits per heavy atom. The van der Waals surface area contributed by atoms with Gasteiger partial charge in [-0.25, -0.2) is 0 Å². The molecule has 0 saturated carbocycles. The van der Waals surface area contributed by atoms with E-state index in [2.05, 4.69) is 21.9 Å². The van der Waals surface area contributed by atoms with Gasteiger partial charge in [0.25, 0.3) is 0 Å². The lowest BCUT2D eigenvalue weighted by Gasteiger charge is -2.12. The maximum atomic E-state index is 5.87. The second kappa shape index (κ2) is 9.81. The van der Waals surface area contributed by atoms with E-state index in [0.29, 0.717) is 18.2 Å². The molecule has 0 spiro atoms. The third kappa shape index (κ3) is 7.18. The summed E-state index contributed by atoms with van der Waals surface area (Å²) in [6, 6.07) is 7.38. The lowest BCUT2D eigenvalue weighted by Crippen LogP contribution is -2.40. The molecule has 0 atom stereocenters. The van der Waals surface area contributed by atoms with Crippen molar-refractivity contribution in [3.05, 3.63) is 29.3 Å². The standard InChI is InChI=1S/C13H20ClN3OS/c1-15-13(17-7-9-19-2)16-6-8-18-12-5-3-4-11(14)10-12/h3-5,10H,6-9H2,1-2H3,(H2,15,16,17). The molecule has 0 aliphatic rings. The fourth-order valence-corrected chi connectivity index (χ4v) is 1.87. The minimum atomic E-state index is 0.559. The molecule has 0 unspecified atom stereocenters. The highest BCUT2D eigenvalue weighted by atomic mass is 35.5. The quantitative estimate of drug-likeness (QED) is 0.461. The fourth-order valence-electron chi connectivity index (χ4n) is 1.39. The number of ether oxygens (including phenoxy) is 1. The van der Waals surface area contributed by atoms with Crippen molar-refractivity contribution in [1.29, 1.82) is 0 Å². The van der Waals surface area contributed by atoms with Gasteiger partial charge in [0.2, 0.25) is 0 Å². The number of nitrogens with zero attached hydrogens (tertiary/aromatic N) is 1. The summed E-state index contributed by atoms with van der Waals surface area (Å²) in [6.45, 7) is 2.14. The number of aliphatic imine (C=N–C) groups is 1. The molecule has 1 aromatic carbocycles. The van der Waals surface area contributed by atoms with Gasteiger partial charge in [-0.1, -0.05) is 17.7 Å². The summed E-state index contributed by atoms with van der Waals surface area (Å²) in [5, 5.41) is 7.08. The van der Waals surface area contributed by atoms with Crippen LogP contribution in [0.3, 0.4) is 0 Å². The molecule has 2 N–H and O–H groups in total. The molecule has 0 aliphatic carbocycles. The Morgan fingerprint density at radius 1 is 1.37 bits per heavy atom. The molecular formula is C13H20ClN3OS. The summed E-state index contributed by atoms with van der Waals surface area (Å²) in [5.41, 5.74) is 0. The van der Waals surface area contributed by atoms with Gasteiger partial charge < -0.3 is 15.4 Å². The van der Waals surface area contributed by atoms with E-state index in [1.54, 1.807) is 24.9 Å². The van der Waals surface area contributed by atoms with Crippen molar-refractivity contribution >= 4 is 29.3 Å². The first-order valence-corrected chi connectivity index (χ1v) is 7.85. The molecular weight excluding hydrogens is 282 g/mol. The topological polar surface area (TPSA) is 45.7 Å². The smallest absolute Gasteiger partial charge is 0.191 e. The van der Waals surface area contributed by atoms with Crippen molar-refractivity contribution in [3.8, 4) is 5.75 Å². The average Bonchev–Trinajstić information content (AvgIpc) is 2.41. The van der Waals surface area contributed by atoms with Gasteiger partial charge in [0.05, 0.1) is 6.54 Å². The number of nitrogens with one attached hydrogen (secondary N) is 2. The minimum absolute atomic E-state index is 0.559. The largest absolute Gasteiger partial charge is 0.492 e. The van der Waals surface area contributed by atoms with Gasteiger partial charge in [0.15, 0.2) is 5.96 Å². The molecule has 0 saturated heterocycles. The van der Waals surface area contributed by atoms with Crippen molar-refractivity contribution in [1.82, 2.24) is 10.6 Å². The molecule has 0 heterocycles. The van der Waals surface area contributed by atoms with Crippen LogP contribution in [0.15, 0.2) is 29.3 Å². The van der Waals surface area contributed by atoms with Crippen LogP contribution in [-0.2, 0) is 0 Å². The highest BCUT2D eigenvalue weighted by molar-refractivity contribution is 7.98. The van der Waals surface area contributed by atoms with Crippen LogP contribution in [0.4, 0.5) is 0 Å². The maximum absolute atomic E-state index is 5.87. The lowest BCUT2D eigenvalue weighted by atomic mass is 10.3. The third-order valence-electron chi connectivity index (χ3n) is 2.28. The van der Waals surface area contributed by atoms with E-state index in [0.717, 1.165) is 24.0 Å². The number of hydrogen-bond acceptors (Lipinski definition) is 3.